The summed E-state index contributed by atoms with van der Waals surface area (Å²) in [6.07, 6.45) is 2.63. The van der Waals surface area contributed by atoms with Gasteiger partial charge in [0, 0.05) is 12.0 Å². The van der Waals surface area contributed by atoms with E-state index in [1.54, 1.807) is 30.3 Å². The van der Waals surface area contributed by atoms with Crippen LogP contribution in [-0.4, -0.2) is 32.4 Å². The maximum absolute atomic E-state index is 11.7. The second kappa shape index (κ2) is 6.50. The molecule has 0 saturated carbocycles. The Morgan fingerprint density at radius 2 is 1.65 bits per heavy atom. The van der Waals surface area contributed by atoms with Crippen molar-refractivity contribution < 1.29 is 30.0 Å². The van der Waals surface area contributed by atoms with Gasteiger partial charge in [0.25, 0.3) is 0 Å². The smallest absolute Gasteiger partial charge is 0.336 e. The van der Waals surface area contributed by atoms with Crippen LogP contribution in [0.1, 0.15) is 38.3 Å². The summed E-state index contributed by atoms with van der Waals surface area (Å²) < 4.78 is 0. The van der Waals surface area contributed by atoms with E-state index >= 15 is 0 Å². The van der Waals surface area contributed by atoms with Gasteiger partial charge in [-0.15, -0.1) is 0 Å². The van der Waals surface area contributed by atoms with E-state index in [2.05, 4.69) is 0 Å². The van der Waals surface area contributed by atoms with Crippen molar-refractivity contribution in [2.75, 3.05) is 0 Å². The van der Waals surface area contributed by atoms with Crippen molar-refractivity contribution in [2.24, 2.45) is 0 Å². The number of aromatic carboxylic acids is 2. The Morgan fingerprint density at radius 1 is 0.962 bits per heavy atom. The molecule has 0 fully saturated rings. The van der Waals surface area contributed by atoms with Gasteiger partial charge in [-0.3, -0.25) is 0 Å². The van der Waals surface area contributed by atoms with Gasteiger partial charge in [-0.1, -0.05) is 30.3 Å². The average molecular weight is 352 g/mol. The number of allylic oxidation sites excluding steroid dienone is 1. The second-order valence-electron chi connectivity index (χ2n) is 5.99. The maximum Gasteiger partial charge on any atom is 0.336 e. The Labute approximate surface area is 149 Å². The summed E-state index contributed by atoms with van der Waals surface area (Å²) >= 11 is 0. The van der Waals surface area contributed by atoms with E-state index in [1.165, 1.54) is 30.4 Å². The van der Waals surface area contributed by atoms with E-state index in [9.17, 15) is 30.0 Å². The Balaban J connectivity index is 2.26. The van der Waals surface area contributed by atoms with E-state index in [0.717, 1.165) is 0 Å². The van der Waals surface area contributed by atoms with Crippen molar-refractivity contribution in [3.63, 3.8) is 0 Å². The summed E-state index contributed by atoms with van der Waals surface area (Å²) in [5, 5.41) is 40.1. The van der Waals surface area contributed by atoms with Crippen molar-refractivity contribution in [1.29, 1.82) is 0 Å². The molecular formula is C20H16O6. The SMILES string of the molecule is O=C(O)c1ccc(C(=O)O)c(C2(O)CC=C(O)C=C2c2ccccc2)c1. The van der Waals surface area contributed by atoms with Crippen LogP contribution in [-0.2, 0) is 5.60 Å². The second-order valence-corrected chi connectivity index (χ2v) is 5.99. The van der Waals surface area contributed by atoms with Crippen molar-refractivity contribution in [2.45, 2.75) is 12.0 Å². The molecule has 4 N–H and O–H groups in total. The fourth-order valence-electron chi connectivity index (χ4n) is 3.09. The minimum Gasteiger partial charge on any atom is -0.508 e. The number of hydrogen-bond acceptors (Lipinski definition) is 4. The first kappa shape index (κ1) is 17.4. The largest absolute Gasteiger partial charge is 0.508 e. The van der Waals surface area contributed by atoms with Gasteiger partial charge in [-0.25, -0.2) is 9.59 Å². The van der Waals surface area contributed by atoms with Crippen LogP contribution < -0.4 is 0 Å². The Bertz CT molecular complexity index is 942. The van der Waals surface area contributed by atoms with E-state index in [0.29, 0.717) is 11.1 Å². The van der Waals surface area contributed by atoms with E-state index in [4.69, 9.17) is 0 Å². The number of carbonyl (C=O) groups is 2. The number of carboxylic acid groups (broad SMARTS) is 2. The summed E-state index contributed by atoms with van der Waals surface area (Å²) in [4.78, 5) is 23.0. The number of benzene rings is 2. The van der Waals surface area contributed by atoms with Crippen LogP contribution in [0.2, 0.25) is 0 Å². The molecule has 2 aromatic rings. The average Bonchev–Trinajstić information content (AvgIpc) is 2.64. The highest BCUT2D eigenvalue weighted by molar-refractivity contribution is 5.95. The molecule has 0 bridgehead atoms. The Kier molecular flexibility index (Phi) is 4.36. The van der Waals surface area contributed by atoms with Gasteiger partial charge < -0.3 is 20.4 Å². The first-order valence-electron chi connectivity index (χ1n) is 7.83. The Morgan fingerprint density at radius 3 is 2.27 bits per heavy atom. The third kappa shape index (κ3) is 2.98. The van der Waals surface area contributed by atoms with E-state index in [1.807, 2.05) is 0 Å². The third-order valence-electron chi connectivity index (χ3n) is 4.37. The first-order valence-corrected chi connectivity index (χ1v) is 7.83. The minimum atomic E-state index is -1.80. The number of rotatable bonds is 4. The predicted octanol–water partition coefficient (Wildman–Crippen LogP) is 3.20. The van der Waals surface area contributed by atoms with Crippen molar-refractivity contribution >= 4 is 17.5 Å². The topological polar surface area (TPSA) is 115 Å². The molecule has 1 aliphatic carbocycles. The molecule has 0 aliphatic heterocycles. The van der Waals surface area contributed by atoms with Crippen LogP contribution in [0.3, 0.4) is 0 Å². The zero-order valence-electron chi connectivity index (χ0n) is 13.6. The van der Waals surface area contributed by atoms with Gasteiger partial charge in [0.05, 0.1) is 11.1 Å². The molecule has 1 atom stereocenters. The van der Waals surface area contributed by atoms with Gasteiger partial charge in [0.1, 0.15) is 11.4 Å². The molecule has 132 valence electrons. The Hall–Kier alpha value is -3.38. The number of aliphatic hydroxyl groups is 2. The van der Waals surface area contributed by atoms with E-state index < -0.39 is 17.5 Å². The van der Waals surface area contributed by atoms with Gasteiger partial charge in [-0.05, 0) is 41.5 Å². The summed E-state index contributed by atoms with van der Waals surface area (Å²) in [6.45, 7) is 0. The zero-order chi connectivity index (χ0) is 18.9. The molecule has 26 heavy (non-hydrogen) atoms. The quantitative estimate of drug-likeness (QED) is 0.672. The van der Waals surface area contributed by atoms with Gasteiger partial charge in [-0.2, -0.15) is 0 Å². The molecule has 2 aromatic carbocycles. The minimum absolute atomic E-state index is 0.0382. The number of aliphatic hydroxyl groups excluding tert-OH is 1. The highest BCUT2D eigenvalue weighted by atomic mass is 16.4. The molecule has 0 spiro atoms. The molecule has 0 saturated heterocycles. The summed E-state index contributed by atoms with van der Waals surface area (Å²) in [6, 6.07) is 12.2. The highest BCUT2D eigenvalue weighted by Crippen LogP contribution is 2.44. The molecule has 6 nitrogen and oxygen atoms in total. The standard InChI is InChI=1S/C20H16O6/c21-14-8-9-20(26,16(11-14)12-4-2-1-3-5-12)17-10-13(18(22)23)6-7-15(17)19(24)25/h1-8,10-11,21,26H,9H2,(H,22,23)(H,24,25). The van der Waals surface area contributed by atoms with Crippen LogP contribution >= 0.6 is 0 Å². The molecular weight excluding hydrogens is 336 g/mol. The summed E-state index contributed by atoms with van der Waals surface area (Å²) in [5.41, 5.74) is -1.29. The van der Waals surface area contributed by atoms with Crippen LogP contribution in [0.25, 0.3) is 5.57 Å². The van der Waals surface area contributed by atoms with Crippen LogP contribution in [0.15, 0.2) is 66.4 Å². The molecule has 1 aliphatic rings. The third-order valence-corrected chi connectivity index (χ3v) is 4.37. The molecule has 0 aromatic heterocycles. The first-order chi connectivity index (χ1) is 12.3. The lowest BCUT2D eigenvalue weighted by atomic mass is 9.75. The lowest BCUT2D eigenvalue weighted by Gasteiger charge is -2.34. The van der Waals surface area contributed by atoms with Gasteiger partial charge in [0.2, 0.25) is 0 Å². The van der Waals surface area contributed by atoms with Gasteiger partial charge in [0.15, 0.2) is 0 Å². The fourth-order valence-corrected chi connectivity index (χ4v) is 3.09. The number of hydrogen-bond donors (Lipinski definition) is 4. The van der Waals surface area contributed by atoms with Crippen LogP contribution in [0.4, 0.5) is 0 Å². The summed E-state index contributed by atoms with van der Waals surface area (Å²) in [7, 11) is 0. The lowest BCUT2D eigenvalue weighted by molar-refractivity contribution is 0.0657. The highest BCUT2D eigenvalue weighted by Gasteiger charge is 2.39. The maximum atomic E-state index is 11.7. The van der Waals surface area contributed by atoms with Crippen molar-refractivity contribution in [3.05, 3.63) is 88.7 Å². The molecule has 3 rings (SSSR count). The van der Waals surface area contributed by atoms with Crippen LogP contribution in [0.5, 0.6) is 0 Å². The molecule has 0 amide bonds. The molecule has 1 unspecified atom stereocenters. The van der Waals surface area contributed by atoms with Crippen molar-refractivity contribution in [1.82, 2.24) is 0 Å². The van der Waals surface area contributed by atoms with Gasteiger partial charge >= 0.3 is 11.9 Å². The molecule has 0 radical (unpaired) electrons. The predicted molar refractivity (Wildman–Crippen MR) is 94.0 cm³/mol. The monoisotopic (exact) mass is 352 g/mol. The summed E-state index contributed by atoms with van der Waals surface area (Å²) in [5.74, 6) is -2.57. The fraction of sp³-hybridized carbons (Fsp3) is 0.100. The molecule has 6 heteroatoms. The number of carboxylic acids is 2. The molecule has 0 heterocycles. The van der Waals surface area contributed by atoms with E-state index in [-0.39, 0.29) is 28.9 Å². The van der Waals surface area contributed by atoms with Crippen LogP contribution in [0, 0.1) is 0 Å². The zero-order valence-corrected chi connectivity index (χ0v) is 13.6. The van der Waals surface area contributed by atoms with Crippen molar-refractivity contribution in [3.8, 4) is 0 Å². The lowest BCUT2D eigenvalue weighted by Crippen LogP contribution is -2.31. The normalized spacial score (nSPS) is 19.4.